The van der Waals surface area contributed by atoms with E-state index in [0.29, 0.717) is 23.1 Å². The van der Waals surface area contributed by atoms with Crippen LogP contribution >= 0.6 is 23.5 Å². The van der Waals surface area contributed by atoms with Crippen LogP contribution in [0.3, 0.4) is 0 Å². The van der Waals surface area contributed by atoms with E-state index in [4.69, 9.17) is 4.74 Å². The Kier molecular flexibility index (Phi) is 8.63. The Morgan fingerprint density at radius 1 is 0.941 bits per heavy atom. The second kappa shape index (κ2) is 11.9. The van der Waals surface area contributed by atoms with Gasteiger partial charge in [0.15, 0.2) is 0 Å². The molecule has 0 radical (unpaired) electrons. The molecule has 0 N–H and O–H groups in total. The quantitative estimate of drug-likeness (QED) is 0.305. The number of benzene rings is 3. The smallest absolute Gasteiger partial charge is 0.255 e. The number of nitrogens with zero attached hydrogens (tertiary/aromatic N) is 1. The van der Waals surface area contributed by atoms with Crippen LogP contribution in [0.15, 0.2) is 94.7 Å². The molecule has 1 aliphatic rings. The van der Waals surface area contributed by atoms with Crippen LogP contribution in [0, 0.1) is 11.8 Å². The number of likely N-dealkylation sites (tertiary alicyclic amines) is 1. The minimum Gasteiger partial charge on any atom is -0.497 e. The van der Waals surface area contributed by atoms with Crippen LogP contribution in [-0.4, -0.2) is 35.1 Å². The second-order valence-electron chi connectivity index (χ2n) is 9.08. The van der Waals surface area contributed by atoms with E-state index in [2.05, 4.69) is 67.3 Å². The van der Waals surface area contributed by atoms with Crippen molar-refractivity contribution in [3.8, 4) is 5.75 Å². The zero-order chi connectivity index (χ0) is 23.9. The Labute approximate surface area is 212 Å². The summed E-state index contributed by atoms with van der Waals surface area (Å²) in [5.41, 5.74) is 0.690. The van der Waals surface area contributed by atoms with Crippen LogP contribution in [0.5, 0.6) is 5.75 Å². The topological polar surface area (TPSA) is 29.5 Å². The number of hydrogen-bond donors (Lipinski definition) is 0. The highest BCUT2D eigenvalue weighted by atomic mass is 32.2. The number of ether oxygens (including phenoxy) is 1. The Morgan fingerprint density at radius 2 is 1.62 bits per heavy atom. The molecule has 0 saturated carbocycles. The number of methoxy groups -OCH3 is 1. The van der Waals surface area contributed by atoms with Gasteiger partial charge in [-0.05, 0) is 67.1 Å². The van der Waals surface area contributed by atoms with Crippen LogP contribution in [0.1, 0.15) is 37.0 Å². The largest absolute Gasteiger partial charge is 0.497 e. The van der Waals surface area contributed by atoms with Gasteiger partial charge < -0.3 is 9.64 Å². The summed E-state index contributed by atoms with van der Waals surface area (Å²) < 4.78 is 5.42. The minimum atomic E-state index is 0.0867. The van der Waals surface area contributed by atoms with E-state index in [-0.39, 0.29) is 17.3 Å². The molecule has 1 fully saturated rings. The Morgan fingerprint density at radius 3 is 2.26 bits per heavy atom. The fourth-order valence-corrected chi connectivity index (χ4v) is 6.92. The first-order valence-corrected chi connectivity index (χ1v) is 13.8. The van der Waals surface area contributed by atoms with Crippen molar-refractivity contribution in [2.45, 2.75) is 47.9 Å². The van der Waals surface area contributed by atoms with Gasteiger partial charge in [-0.25, -0.2) is 0 Å². The predicted molar refractivity (Wildman–Crippen MR) is 144 cm³/mol. The van der Waals surface area contributed by atoms with Crippen LogP contribution in [-0.2, 0) is 0 Å². The summed E-state index contributed by atoms with van der Waals surface area (Å²) in [6, 6.07) is 28.7. The SMILES string of the molecule is COc1cccc(C(=O)N2[C@@H](CSc3ccccc3)C[C@@H](C(C)C)C[C@@H]2Sc2ccccc2)c1. The minimum absolute atomic E-state index is 0.0867. The number of thioether (sulfide) groups is 2. The van der Waals surface area contributed by atoms with Crippen LogP contribution in [0.2, 0.25) is 0 Å². The number of carbonyl (C=O) groups excluding carboxylic acids is 1. The predicted octanol–water partition coefficient (Wildman–Crippen LogP) is 7.48. The maximum absolute atomic E-state index is 14.0. The molecule has 1 heterocycles. The van der Waals surface area contributed by atoms with E-state index in [1.807, 2.05) is 59.9 Å². The van der Waals surface area contributed by atoms with Crippen molar-refractivity contribution in [3.05, 3.63) is 90.5 Å². The third-order valence-electron chi connectivity index (χ3n) is 6.48. The zero-order valence-electron chi connectivity index (χ0n) is 20.1. The molecular weight excluding hydrogens is 458 g/mol. The first kappa shape index (κ1) is 24.7. The summed E-state index contributed by atoms with van der Waals surface area (Å²) >= 11 is 3.66. The van der Waals surface area contributed by atoms with Crippen molar-refractivity contribution < 1.29 is 9.53 Å². The average Bonchev–Trinajstić information content (AvgIpc) is 2.88. The lowest BCUT2D eigenvalue weighted by Gasteiger charge is -2.46. The first-order valence-electron chi connectivity index (χ1n) is 11.9. The van der Waals surface area contributed by atoms with Crippen molar-refractivity contribution in [2.24, 2.45) is 11.8 Å². The summed E-state index contributed by atoms with van der Waals surface area (Å²) in [6.07, 6.45) is 2.03. The standard InChI is InChI=1S/C29H33NO2S2/c1-21(2)23-17-24(20-33-26-13-6-4-7-14-26)30(28(19-23)34-27-15-8-5-9-16-27)29(31)22-11-10-12-25(18-22)32-3/h4-16,18,21,23-24,28H,17,19-20H2,1-3H3/t23-,24-,28+/m1/s1. The van der Waals surface area contributed by atoms with E-state index in [1.54, 1.807) is 7.11 Å². The third kappa shape index (κ3) is 6.19. The Bertz CT molecular complexity index is 1060. The first-order chi connectivity index (χ1) is 16.5. The van der Waals surface area contributed by atoms with Gasteiger partial charge in [-0.3, -0.25) is 4.79 Å². The lowest BCUT2D eigenvalue weighted by Crippen LogP contribution is -2.52. The number of rotatable bonds is 8. The molecule has 4 rings (SSSR count). The lowest BCUT2D eigenvalue weighted by atomic mass is 9.83. The van der Waals surface area contributed by atoms with Gasteiger partial charge in [0.25, 0.3) is 5.91 Å². The summed E-state index contributed by atoms with van der Waals surface area (Å²) in [5.74, 6) is 2.85. The van der Waals surface area contributed by atoms with Crippen molar-refractivity contribution in [2.75, 3.05) is 12.9 Å². The van der Waals surface area contributed by atoms with Crippen molar-refractivity contribution in [1.29, 1.82) is 0 Å². The molecule has 3 aromatic rings. The monoisotopic (exact) mass is 491 g/mol. The zero-order valence-corrected chi connectivity index (χ0v) is 21.7. The molecule has 178 valence electrons. The van der Waals surface area contributed by atoms with Crippen molar-refractivity contribution in [1.82, 2.24) is 4.90 Å². The molecule has 1 amide bonds. The average molecular weight is 492 g/mol. The van der Waals surface area contributed by atoms with Gasteiger partial charge in [-0.2, -0.15) is 0 Å². The summed E-state index contributed by atoms with van der Waals surface area (Å²) in [7, 11) is 1.64. The maximum atomic E-state index is 14.0. The van der Waals surface area contributed by atoms with E-state index in [1.165, 1.54) is 9.79 Å². The maximum Gasteiger partial charge on any atom is 0.255 e. The molecule has 34 heavy (non-hydrogen) atoms. The van der Waals surface area contributed by atoms with Gasteiger partial charge >= 0.3 is 0 Å². The highest BCUT2D eigenvalue weighted by molar-refractivity contribution is 8.00. The van der Waals surface area contributed by atoms with Crippen LogP contribution in [0.25, 0.3) is 0 Å². The molecule has 5 heteroatoms. The third-order valence-corrected chi connectivity index (χ3v) is 8.87. The molecule has 1 saturated heterocycles. The Hall–Kier alpha value is -2.37. The molecule has 0 spiro atoms. The molecule has 0 unspecified atom stereocenters. The van der Waals surface area contributed by atoms with E-state index >= 15 is 0 Å². The lowest BCUT2D eigenvalue weighted by molar-refractivity contribution is 0.0492. The van der Waals surface area contributed by atoms with Gasteiger partial charge in [0.2, 0.25) is 0 Å². The summed E-state index contributed by atoms with van der Waals surface area (Å²) in [4.78, 5) is 18.6. The van der Waals surface area contributed by atoms with Gasteiger partial charge in [-0.15, -0.1) is 23.5 Å². The molecule has 1 aliphatic heterocycles. The normalized spacial score (nSPS) is 20.4. The van der Waals surface area contributed by atoms with Crippen LogP contribution in [0.4, 0.5) is 0 Å². The molecule has 3 aromatic carbocycles. The summed E-state index contributed by atoms with van der Waals surface area (Å²) in [5, 5.41) is 0.0867. The summed E-state index contributed by atoms with van der Waals surface area (Å²) in [6.45, 7) is 4.63. The van der Waals surface area contributed by atoms with E-state index in [0.717, 1.165) is 18.6 Å². The van der Waals surface area contributed by atoms with E-state index in [9.17, 15) is 4.79 Å². The number of hydrogen-bond acceptors (Lipinski definition) is 4. The number of piperidine rings is 1. The van der Waals surface area contributed by atoms with Gasteiger partial charge in [-0.1, -0.05) is 56.3 Å². The van der Waals surface area contributed by atoms with E-state index < -0.39 is 0 Å². The second-order valence-corrected chi connectivity index (χ2v) is 11.4. The molecule has 0 aromatic heterocycles. The van der Waals surface area contributed by atoms with Crippen molar-refractivity contribution in [3.63, 3.8) is 0 Å². The molecular formula is C29H33NO2S2. The van der Waals surface area contributed by atoms with Gasteiger partial charge in [0.05, 0.1) is 12.5 Å². The van der Waals surface area contributed by atoms with Gasteiger partial charge in [0.1, 0.15) is 5.75 Å². The molecule has 0 bridgehead atoms. The highest BCUT2D eigenvalue weighted by Crippen LogP contribution is 2.42. The molecule has 0 aliphatic carbocycles. The number of carbonyl (C=O) groups is 1. The highest BCUT2D eigenvalue weighted by Gasteiger charge is 2.40. The molecule has 3 nitrogen and oxygen atoms in total. The fraction of sp³-hybridized carbons (Fsp3) is 0.345. The van der Waals surface area contributed by atoms with Crippen LogP contribution < -0.4 is 4.74 Å². The molecule has 3 atom stereocenters. The van der Waals surface area contributed by atoms with Gasteiger partial charge in [0, 0.05) is 27.1 Å². The van der Waals surface area contributed by atoms with Crippen molar-refractivity contribution >= 4 is 29.4 Å². The Balaban J connectivity index is 1.67. The fourth-order valence-electron chi connectivity index (χ4n) is 4.53. The number of amides is 1.